The van der Waals surface area contributed by atoms with E-state index in [0.29, 0.717) is 6.04 Å². The van der Waals surface area contributed by atoms with E-state index in [1.54, 1.807) is 18.4 Å². The lowest BCUT2D eigenvalue weighted by atomic mass is 9.83. The number of rotatable bonds is 4. The van der Waals surface area contributed by atoms with Crippen LogP contribution in [0.2, 0.25) is 0 Å². The number of aromatic nitrogens is 1. The van der Waals surface area contributed by atoms with Crippen LogP contribution in [0.1, 0.15) is 39.0 Å². The molecule has 1 aromatic heterocycles. The van der Waals surface area contributed by atoms with E-state index < -0.39 is 0 Å². The molecule has 1 aromatic carbocycles. The maximum atomic E-state index is 5.27. The molecule has 0 spiro atoms. The number of nitrogens with one attached hydrogen (secondary N) is 1. The fraction of sp³-hybridized carbons (Fsp3) is 0.562. The number of anilines is 1. The minimum Gasteiger partial charge on any atom is -0.497 e. The number of methoxy groups -OCH3 is 1. The van der Waals surface area contributed by atoms with E-state index in [0.717, 1.165) is 22.3 Å². The second-order valence-electron chi connectivity index (χ2n) is 5.56. The first-order valence-corrected chi connectivity index (χ1v) is 8.33. The van der Waals surface area contributed by atoms with Crippen LogP contribution in [0.5, 0.6) is 5.75 Å². The molecule has 3 rings (SSSR count). The molecule has 0 bridgehead atoms. The Hall–Kier alpha value is -1.29. The number of thiazole rings is 1. The van der Waals surface area contributed by atoms with Crippen LogP contribution in [0.25, 0.3) is 10.2 Å². The highest BCUT2D eigenvalue weighted by Gasteiger charge is 2.24. The minimum absolute atomic E-state index is 0.594. The maximum absolute atomic E-state index is 5.27. The summed E-state index contributed by atoms with van der Waals surface area (Å²) in [7, 11) is 1.70. The molecule has 2 aromatic rings. The van der Waals surface area contributed by atoms with Gasteiger partial charge in [-0.3, -0.25) is 0 Å². The van der Waals surface area contributed by atoms with Gasteiger partial charge in [0, 0.05) is 6.04 Å². The Labute approximate surface area is 124 Å². The summed E-state index contributed by atoms with van der Waals surface area (Å²) in [6, 6.07) is 6.67. The summed E-state index contributed by atoms with van der Waals surface area (Å²) >= 11 is 1.73. The summed E-state index contributed by atoms with van der Waals surface area (Å²) in [5.74, 6) is 1.70. The zero-order valence-corrected chi connectivity index (χ0v) is 13.0. The van der Waals surface area contributed by atoms with Crippen LogP contribution in [0.4, 0.5) is 5.13 Å². The molecule has 108 valence electrons. The third kappa shape index (κ3) is 2.75. The molecular weight excluding hydrogens is 268 g/mol. The third-order valence-electron chi connectivity index (χ3n) is 4.34. The summed E-state index contributed by atoms with van der Waals surface area (Å²) in [4.78, 5) is 4.70. The van der Waals surface area contributed by atoms with Gasteiger partial charge in [0.15, 0.2) is 5.13 Å². The first kappa shape index (κ1) is 13.7. The van der Waals surface area contributed by atoms with Gasteiger partial charge < -0.3 is 10.1 Å². The fourth-order valence-electron chi connectivity index (χ4n) is 3.14. The van der Waals surface area contributed by atoms with E-state index in [2.05, 4.69) is 18.3 Å². The number of hydrogen-bond acceptors (Lipinski definition) is 4. The van der Waals surface area contributed by atoms with E-state index in [4.69, 9.17) is 9.72 Å². The van der Waals surface area contributed by atoms with E-state index in [9.17, 15) is 0 Å². The Bertz CT molecular complexity index is 581. The Morgan fingerprint density at radius 3 is 3.00 bits per heavy atom. The molecule has 1 aliphatic carbocycles. The molecule has 2 atom stereocenters. The summed E-state index contributed by atoms with van der Waals surface area (Å²) in [5, 5.41) is 4.73. The third-order valence-corrected chi connectivity index (χ3v) is 5.29. The van der Waals surface area contributed by atoms with Crippen molar-refractivity contribution in [2.45, 2.75) is 45.1 Å². The number of ether oxygens (including phenoxy) is 1. The Balaban J connectivity index is 1.79. The van der Waals surface area contributed by atoms with Gasteiger partial charge in [-0.25, -0.2) is 4.98 Å². The molecule has 0 saturated heterocycles. The van der Waals surface area contributed by atoms with Crippen LogP contribution in [-0.2, 0) is 0 Å². The van der Waals surface area contributed by atoms with Gasteiger partial charge in [-0.15, -0.1) is 0 Å². The molecule has 1 fully saturated rings. The number of nitrogens with zero attached hydrogens (tertiary/aromatic N) is 1. The normalized spacial score (nSPS) is 22.9. The van der Waals surface area contributed by atoms with E-state index in [-0.39, 0.29) is 0 Å². The molecular formula is C16H22N2OS. The average Bonchev–Trinajstić information content (AvgIpc) is 2.89. The molecule has 1 saturated carbocycles. The highest BCUT2D eigenvalue weighted by molar-refractivity contribution is 7.22. The Kier molecular flexibility index (Phi) is 4.10. The zero-order chi connectivity index (χ0) is 13.9. The summed E-state index contributed by atoms with van der Waals surface area (Å²) in [6.45, 7) is 2.30. The molecule has 0 aliphatic heterocycles. The van der Waals surface area contributed by atoms with Gasteiger partial charge in [0.25, 0.3) is 0 Å². The van der Waals surface area contributed by atoms with E-state index >= 15 is 0 Å². The van der Waals surface area contributed by atoms with Crippen LogP contribution in [0.3, 0.4) is 0 Å². The molecule has 1 heterocycles. The van der Waals surface area contributed by atoms with Gasteiger partial charge in [-0.1, -0.05) is 37.5 Å². The van der Waals surface area contributed by atoms with Crippen molar-refractivity contribution in [1.29, 1.82) is 0 Å². The Morgan fingerprint density at radius 2 is 2.20 bits per heavy atom. The van der Waals surface area contributed by atoms with Crippen LogP contribution in [0.15, 0.2) is 18.2 Å². The quantitative estimate of drug-likeness (QED) is 0.887. The minimum atomic E-state index is 0.594. The van der Waals surface area contributed by atoms with Gasteiger partial charge in [-0.05, 0) is 37.0 Å². The highest BCUT2D eigenvalue weighted by Crippen LogP contribution is 2.33. The van der Waals surface area contributed by atoms with Gasteiger partial charge in [0.2, 0.25) is 0 Å². The predicted octanol–water partition coefficient (Wildman–Crippen LogP) is 4.69. The molecule has 1 aliphatic rings. The first-order valence-electron chi connectivity index (χ1n) is 7.51. The van der Waals surface area contributed by atoms with Crippen molar-refractivity contribution < 1.29 is 4.74 Å². The lowest BCUT2D eigenvalue weighted by Crippen LogP contribution is -2.31. The second-order valence-corrected chi connectivity index (χ2v) is 6.59. The second kappa shape index (κ2) is 6.00. The molecule has 4 heteroatoms. The van der Waals surface area contributed by atoms with Crippen molar-refractivity contribution in [3.05, 3.63) is 18.2 Å². The van der Waals surface area contributed by atoms with Crippen molar-refractivity contribution in [2.24, 2.45) is 5.92 Å². The topological polar surface area (TPSA) is 34.2 Å². The van der Waals surface area contributed by atoms with Crippen molar-refractivity contribution in [1.82, 2.24) is 4.98 Å². The van der Waals surface area contributed by atoms with E-state index in [1.165, 1.54) is 36.8 Å². The van der Waals surface area contributed by atoms with Crippen molar-refractivity contribution in [3.8, 4) is 5.75 Å². The predicted molar refractivity (Wildman–Crippen MR) is 85.8 cm³/mol. The van der Waals surface area contributed by atoms with Crippen molar-refractivity contribution >= 4 is 26.7 Å². The number of benzene rings is 1. The summed E-state index contributed by atoms with van der Waals surface area (Å²) in [5.41, 5.74) is 1.06. The molecule has 0 radical (unpaired) electrons. The van der Waals surface area contributed by atoms with Gasteiger partial charge in [0.05, 0.1) is 17.3 Å². The fourth-order valence-corrected chi connectivity index (χ4v) is 4.09. The van der Waals surface area contributed by atoms with Crippen LogP contribution < -0.4 is 10.1 Å². The monoisotopic (exact) mass is 290 g/mol. The summed E-state index contributed by atoms with van der Waals surface area (Å²) in [6.07, 6.45) is 6.61. The standard InChI is InChI=1S/C16H22N2OS/c1-3-11-6-4-5-7-13(11)17-16-18-14-9-8-12(19-2)10-15(14)20-16/h8-11,13H,3-7H2,1-2H3,(H,17,18). The lowest BCUT2D eigenvalue weighted by Gasteiger charge is -2.31. The molecule has 2 unspecified atom stereocenters. The lowest BCUT2D eigenvalue weighted by molar-refractivity contribution is 0.317. The largest absolute Gasteiger partial charge is 0.497 e. The Morgan fingerprint density at radius 1 is 1.35 bits per heavy atom. The molecule has 0 amide bonds. The van der Waals surface area contributed by atoms with E-state index in [1.807, 2.05) is 12.1 Å². The molecule has 1 N–H and O–H groups in total. The highest BCUT2D eigenvalue weighted by atomic mass is 32.1. The zero-order valence-electron chi connectivity index (χ0n) is 12.2. The van der Waals surface area contributed by atoms with Gasteiger partial charge in [-0.2, -0.15) is 0 Å². The SMILES string of the molecule is CCC1CCCCC1Nc1nc2ccc(OC)cc2s1. The van der Waals surface area contributed by atoms with Crippen LogP contribution in [0, 0.1) is 5.92 Å². The van der Waals surface area contributed by atoms with Crippen molar-refractivity contribution in [2.75, 3.05) is 12.4 Å². The van der Waals surface area contributed by atoms with Gasteiger partial charge in [0.1, 0.15) is 5.75 Å². The van der Waals surface area contributed by atoms with Crippen LogP contribution in [-0.4, -0.2) is 18.1 Å². The molecule has 3 nitrogen and oxygen atoms in total. The average molecular weight is 290 g/mol. The number of fused-ring (bicyclic) bond motifs is 1. The van der Waals surface area contributed by atoms with Gasteiger partial charge >= 0.3 is 0 Å². The molecule has 20 heavy (non-hydrogen) atoms. The maximum Gasteiger partial charge on any atom is 0.184 e. The smallest absolute Gasteiger partial charge is 0.184 e. The summed E-state index contributed by atoms with van der Waals surface area (Å²) < 4.78 is 6.46. The first-order chi connectivity index (χ1) is 9.80. The van der Waals surface area contributed by atoms with Crippen LogP contribution >= 0.6 is 11.3 Å². The number of hydrogen-bond donors (Lipinski definition) is 1. The van der Waals surface area contributed by atoms with Crippen molar-refractivity contribution in [3.63, 3.8) is 0 Å².